The average molecular weight is 218 g/mol. The Kier molecular flexibility index (Phi) is 2.90. The molecule has 2 aromatic heterocycles. The van der Waals surface area contributed by atoms with Gasteiger partial charge in [0.1, 0.15) is 24.3 Å². The van der Waals surface area contributed by atoms with Gasteiger partial charge in [-0.15, -0.1) is 0 Å². The second kappa shape index (κ2) is 4.35. The lowest BCUT2D eigenvalue weighted by molar-refractivity contribution is 0.286. The van der Waals surface area contributed by atoms with Crippen molar-refractivity contribution in [2.24, 2.45) is 0 Å². The topological polar surface area (TPSA) is 48.2 Å². The molecule has 0 aliphatic heterocycles. The van der Waals surface area contributed by atoms with Crippen LogP contribution < -0.4 is 4.74 Å². The van der Waals surface area contributed by atoms with Crippen molar-refractivity contribution in [3.63, 3.8) is 0 Å². The molecule has 0 saturated heterocycles. The first kappa shape index (κ1) is 10.7. The molecule has 4 nitrogen and oxygen atoms in total. The van der Waals surface area contributed by atoms with E-state index in [1.807, 2.05) is 26.8 Å². The lowest BCUT2D eigenvalue weighted by atomic mass is 10.2. The van der Waals surface area contributed by atoms with Gasteiger partial charge < -0.3 is 9.26 Å². The van der Waals surface area contributed by atoms with E-state index in [1.165, 1.54) is 6.26 Å². The Labute approximate surface area is 94.2 Å². The van der Waals surface area contributed by atoms with Crippen molar-refractivity contribution in [3.05, 3.63) is 41.0 Å². The first-order valence-corrected chi connectivity index (χ1v) is 5.13. The van der Waals surface area contributed by atoms with Gasteiger partial charge in [-0.1, -0.05) is 5.16 Å². The molecule has 0 atom stereocenters. The van der Waals surface area contributed by atoms with Gasteiger partial charge in [-0.2, -0.15) is 0 Å². The third-order valence-corrected chi connectivity index (χ3v) is 2.46. The molecule has 16 heavy (non-hydrogen) atoms. The highest BCUT2D eigenvalue weighted by Gasteiger charge is 2.06. The van der Waals surface area contributed by atoms with Gasteiger partial charge in [0.15, 0.2) is 0 Å². The Hall–Kier alpha value is -1.84. The molecular formula is C12H14N2O2. The first-order valence-electron chi connectivity index (χ1n) is 5.13. The Morgan fingerprint density at radius 1 is 1.31 bits per heavy atom. The summed E-state index contributed by atoms with van der Waals surface area (Å²) in [6.45, 7) is 6.35. The standard InChI is InChI=1S/C12H14N2O2/c1-8-6-12(9(2)10(3)13-8)15-7-11-4-5-16-14-11/h4-6H,7H2,1-3H3. The quantitative estimate of drug-likeness (QED) is 0.794. The minimum absolute atomic E-state index is 0.417. The van der Waals surface area contributed by atoms with Gasteiger partial charge in [0.2, 0.25) is 0 Å². The fourth-order valence-electron chi connectivity index (χ4n) is 1.47. The monoisotopic (exact) mass is 218 g/mol. The van der Waals surface area contributed by atoms with Gasteiger partial charge in [0.25, 0.3) is 0 Å². The molecular weight excluding hydrogens is 204 g/mol. The minimum atomic E-state index is 0.417. The van der Waals surface area contributed by atoms with Gasteiger partial charge in [0, 0.05) is 29.1 Å². The van der Waals surface area contributed by atoms with Gasteiger partial charge in [0.05, 0.1) is 0 Å². The number of nitrogens with zero attached hydrogens (tertiary/aromatic N) is 2. The highest BCUT2D eigenvalue weighted by molar-refractivity contribution is 5.36. The van der Waals surface area contributed by atoms with Gasteiger partial charge in [-0.3, -0.25) is 4.98 Å². The van der Waals surface area contributed by atoms with E-state index in [9.17, 15) is 0 Å². The molecule has 0 aromatic carbocycles. The highest BCUT2D eigenvalue weighted by Crippen LogP contribution is 2.21. The summed E-state index contributed by atoms with van der Waals surface area (Å²) in [7, 11) is 0. The molecule has 0 amide bonds. The van der Waals surface area contributed by atoms with Crippen LogP contribution in [0, 0.1) is 20.8 Å². The number of hydrogen-bond acceptors (Lipinski definition) is 4. The molecule has 2 aromatic rings. The van der Waals surface area contributed by atoms with Crippen molar-refractivity contribution < 1.29 is 9.26 Å². The van der Waals surface area contributed by atoms with Crippen LogP contribution in [0.3, 0.4) is 0 Å². The van der Waals surface area contributed by atoms with E-state index in [4.69, 9.17) is 9.26 Å². The summed E-state index contributed by atoms with van der Waals surface area (Å²) in [5.74, 6) is 0.855. The molecule has 2 heterocycles. The van der Waals surface area contributed by atoms with E-state index in [2.05, 4.69) is 10.1 Å². The summed E-state index contributed by atoms with van der Waals surface area (Å²) in [5.41, 5.74) is 3.80. The molecule has 84 valence electrons. The van der Waals surface area contributed by atoms with Gasteiger partial charge in [-0.05, 0) is 20.8 Å². The van der Waals surface area contributed by atoms with Gasteiger partial charge >= 0.3 is 0 Å². The molecule has 0 aliphatic rings. The van der Waals surface area contributed by atoms with Crippen LogP contribution in [-0.4, -0.2) is 10.1 Å². The van der Waals surface area contributed by atoms with Crippen LogP contribution in [0.15, 0.2) is 22.9 Å². The first-order chi connectivity index (χ1) is 7.66. The third-order valence-electron chi connectivity index (χ3n) is 2.46. The van der Waals surface area contributed by atoms with E-state index >= 15 is 0 Å². The highest BCUT2D eigenvalue weighted by atomic mass is 16.5. The van der Waals surface area contributed by atoms with Crippen LogP contribution in [-0.2, 0) is 6.61 Å². The average Bonchev–Trinajstić information content (AvgIpc) is 2.74. The van der Waals surface area contributed by atoms with Crippen LogP contribution >= 0.6 is 0 Å². The number of pyridine rings is 1. The van der Waals surface area contributed by atoms with Crippen molar-refractivity contribution in [1.29, 1.82) is 0 Å². The van der Waals surface area contributed by atoms with Crippen LogP contribution in [0.2, 0.25) is 0 Å². The van der Waals surface area contributed by atoms with E-state index in [-0.39, 0.29) is 0 Å². The summed E-state index contributed by atoms with van der Waals surface area (Å²) in [5, 5.41) is 3.79. The van der Waals surface area contributed by atoms with Crippen molar-refractivity contribution in [2.45, 2.75) is 27.4 Å². The molecule has 0 bridgehead atoms. The molecule has 4 heteroatoms. The summed E-state index contributed by atoms with van der Waals surface area (Å²) < 4.78 is 10.4. The smallest absolute Gasteiger partial charge is 0.134 e. The SMILES string of the molecule is Cc1cc(OCc2ccon2)c(C)c(C)n1. The fraction of sp³-hybridized carbons (Fsp3) is 0.333. The largest absolute Gasteiger partial charge is 0.487 e. The van der Waals surface area contributed by atoms with E-state index in [0.29, 0.717) is 6.61 Å². The maximum atomic E-state index is 5.68. The number of rotatable bonds is 3. The lowest BCUT2D eigenvalue weighted by Gasteiger charge is -2.10. The summed E-state index contributed by atoms with van der Waals surface area (Å²) in [6, 6.07) is 3.72. The minimum Gasteiger partial charge on any atom is -0.487 e. The van der Waals surface area contributed by atoms with Gasteiger partial charge in [-0.25, -0.2) is 0 Å². The molecule has 0 N–H and O–H groups in total. The predicted molar refractivity (Wildman–Crippen MR) is 59.3 cm³/mol. The number of aromatic nitrogens is 2. The second-order valence-corrected chi connectivity index (χ2v) is 3.75. The Balaban J connectivity index is 2.15. The fourth-order valence-corrected chi connectivity index (χ4v) is 1.47. The number of hydrogen-bond donors (Lipinski definition) is 0. The molecule has 0 spiro atoms. The van der Waals surface area contributed by atoms with Crippen molar-refractivity contribution >= 4 is 0 Å². The summed E-state index contributed by atoms with van der Waals surface area (Å²) in [4.78, 5) is 4.36. The van der Waals surface area contributed by atoms with E-state index < -0.39 is 0 Å². The molecule has 0 radical (unpaired) electrons. The summed E-state index contributed by atoms with van der Waals surface area (Å²) in [6.07, 6.45) is 1.54. The molecule has 0 fully saturated rings. The maximum absolute atomic E-state index is 5.68. The zero-order valence-electron chi connectivity index (χ0n) is 9.65. The summed E-state index contributed by atoms with van der Waals surface area (Å²) >= 11 is 0. The Morgan fingerprint density at radius 2 is 2.12 bits per heavy atom. The van der Waals surface area contributed by atoms with Crippen molar-refractivity contribution in [3.8, 4) is 5.75 Å². The number of ether oxygens (including phenoxy) is 1. The zero-order valence-corrected chi connectivity index (χ0v) is 9.65. The maximum Gasteiger partial charge on any atom is 0.134 e. The molecule has 2 rings (SSSR count). The Morgan fingerprint density at radius 3 is 2.81 bits per heavy atom. The lowest BCUT2D eigenvalue weighted by Crippen LogP contribution is -2.00. The third kappa shape index (κ3) is 2.21. The van der Waals surface area contributed by atoms with Crippen molar-refractivity contribution in [2.75, 3.05) is 0 Å². The normalized spacial score (nSPS) is 10.4. The Bertz CT molecular complexity index is 478. The molecule has 0 saturated carbocycles. The second-order valence-electron chi connectivity index (χ2n) is 3.75. The zero-order chi connectivity index (χ0) is 11.5. The van der Waals surface area contributed by atoms with Crippen LogP contribution in [0.25, 0.3) is 0 Å². The van der Waals surface area contributed by atoms with E-state index in [1.54, 1.807) is 6.07 Å². The van der Waals surface area contributed by atoms with Crippen molar-refractivity contribution in [1.82, 2.24) is 10.1 Å². The van der Waals surface area contributed by atoms with E-state index in [0.717, 1.165) is 28.4 Å². The molecule has 0 unspecified atom stereocenters. The molecule has 0 aliphatic carbocycles. The van der Waals surface area contributed by atoms with Crippen LogP contribution in [0.5, 0.6) is 5.75 Å². The van der Waals surface area contributed by atoms with Crippen LogP contribution in [0.1, 0.15) is 22.6 Å². The number of aryl methyl sites for hydroxylation is 2. The van der Waals surface area contributed by atoms with Crippen LogP contribution in [0.4, 0.5) is 0 Å². The predicted octanol–water partition coefficient (Wildman–Crippen LogP) is 2.57.